The second-order valence-corrected chi connectivity index (χ2v) is 7.67. The van der Waals surface area contributed by atoms with Crippen molar-refractivity contribution in [3.05, 3.63) is 42.0 Å². The zero-order valence-electron chi connectivity index (χ0n) is 16.2. The first-order chi connectivity index (χ1) is 14.1. The van der Waals surface area contributed by atoms with Crippen LogP contribution in [0.5, 0.6) is 0 Å². The summed E-state index contributed by atoms with van der Waals surface area (Å²) >= 11 is 0. The number of rotatable bonds is 5. The Morgan fingerprint density at radius 3 is 2.45 bits per heavy atom. The molecule has 1 fully saturated rings. The lowest BCUT2D eigenvalue weighted by Crippen LogP contribution is -2.38. The van der Waals surface area contributed by atoms with Crippen molar-refractivity contribution < 1.29 is 23.9 Å². The minimum atomic E-state index is -0.586. The fraction of sp³-hybridized carbons (Fsp3) is 0.455. The predicted octanol–water partition coefficient (Wildman–Crippen LogP) is 1.85. The average Bonchev–Trinajstić information content (AvgIpc) is 3.00. The van der Waals surface area contributed by atoms with Crippen LogP contribution in [0, 0.1) is 11.8 Å². The van der Waals surface area contributed by atoms with E-state index >= 15 is 0 Å². The number of allylic oxidation sites excluding steroid dienone is 2. The van der Waals surface area contributed by atoms with E-state index in [-0.39, 0.29) is 49.1 Å². The van der Waals surface area contributed by atoms with Gasteiger partial charge in [-0.3, -0.25) is 24.1 Å². The van der Waals surface area contributed by atoms with E-state index in [0.717, 1.165) is 24.1 Å². The number of likely N-dealkylation sites (tertiary alicyclic amines) is 1. The Hall–Kier alpha value is -2.96. The van der Waals surface area contributed by atoms with Crippen molar-refractivity contribution in [2.75, 3.05) is 24.6 Å². The van der Waals surface area contributed by atoms with Gasteiger partial charge in [0, 0.05) is 18.8 Å². The van der Waals surface area contributed by atoms with E-state index < -0.39 is 5.97 Å². The Labute approximate surface area is 169 Å². The van der Waals surface area contributed by atoms with Crippen LogP contribution in [-0.4, -0.2) is 48.3 Å². The number of aryl methyl sites for hydroxylation is 1. The highest BCUT2D eigenvalue weighted by Crippen LogP contribution is 2.35. The lowest BCUT2D eigenvalue weighted by Gasteiger charge is -2.29. The van der Waals surface area contributed by atoms with Crippen molar-refractivity contribution in [2.45, 2.75) is 32.1 Å². The number of benzene rings is 1. The summed E-state index contributed by atoms with van der Waals surface area (Å²) in [6, 6.07) is 7.72. The fourth-order valence-electron chi connectivity index (χ4n) is 4.38. The van der Waals surface area contributed by atoms with Crippen LogP contribution in [0.1, 0.15) is 31.2 Å². The van der Waals surface area contributed by atoms with Crippen LogP contribution < -0.4 is 4.90 Å². The van der Waals surface area contributed by atoms with Crippen molar-refractivity contribution in [2.24, 2.45) is 11.8 Å². The summed E-state index contributed by atoms with van der Waals surface area (Å²) < 4.78 is 5.13. The number of carbonyl (C=O) groups is 4. The molecule has 29 heavy (non-hydrogen) atoms. The maximum absolute atomic E-state index is 12.5. The van der Waals surface area contributed by atoms with Gasteiger partial charge in [0.1, 0.15) is 0 Å². The molecule has 152 valence electrons. The Balaban J connectivity index is 1.27. The molecule has 7 nitrogen and oxygen atoms in total. The number of imide groups is 1. The highest BCUT2D eigenvalue weighted by molar-refractivity contribution is 6.05. The molecule has 0 spiro atoms. The minimum absolute atomic E-state index is 0.00420. The SMILES string of the molecule is O=C(CCN1C(=O)[C@H]2CC=CC[C@H]2C1=O)OCC(=O)N1CCCc2ccccc21. The molecular formula is C22H24N2O5. The summed E-state index contributed by atoms with van der Waals surface area (Å²) in [5, 5.41) is 0. The van der Waals surface area contributed by atoms with Gasteiger partial charge in [0.25, 0.3) is 5.91 Å². The third-order valence-corrected chi connectivity index (χ3v) is 5.91. The number of amides is 3. The number of esters is 1. The van der Waals surface area contributed by atoms with Gasteiger partial charge in [-0.05, 0) is 37.3 Å². The molecule has 0 radical (unpaired) electrons. The second kappa shape index (κ2) is 8.19. The summed E-state index contributed by atoms with van der Waals surface area (Å²) in [5.41, 5.74) is 1.98. The molecule has 1 saturated heterocycles. The summed E-state index contributed by atoms with van der Waals surface area (Å²) in [6.07, 6.45) is 6.68. The van der Waals surface area contributed by atoms with E-state index in [4.69, 9.17) is 4.74 Å². The van der Waals surface area contributed by atoms with E-state index in [9.17, 15) is 19.2 Å². The van der Waals surface area contributed by atoms with Gasteiger partial charge in [0.15, 0.2) is 6.61 Å². The Morgan fingerprint density at radius 2 is 1.72 bits per heavy atom. The number of nitrogens with zero attached hydrogens (tertiary/aromatic N) is 2. The molecule has 0 aromatic heterocycles. The predicted molar refractivity (Wildman–Crippen MR) is 105 cm³/mol. The highest BCUT2D eigenvalue weighted by atomic mass is 16.5. The smallest absolute Gasteiger partial charge is 0.308 e. The van der Waals surface area contributed by atoms with Gasteiger partial charge in [-0.25, -0.2) is 0 Å². The summed E-state index contributed by atoms with van der Waals surface area (Å²) in [7, 11) is 0. The van der Waals surface area contributed by atoms with E-state index in [1.54, 1.807) is 4.90 Å². The molecule has 4 rings (SSSR count). The van der Waals surface area contributed by atoms with Crippen LogP contribution in [0.4, 0.5) is 5.69 Å². The number of para-hydroxylation sites is 1. The third-order valence-electron chi connectivity index (χ3n) is 5.91. The van der Waals surface area contributed by atoms with Gasteiger partial charge >= 0.3 is 5.97 Å². The fourth-order valence-corrected chi connectivity index (χ4v) is 4.38. The largest absolute Gasteiger partial charge is 0.455 e. The molecule has 0 bridgehead atoms. The molecular weight excluding hydrogens is 372 g/mol. The number of carbonyl (C=O) groups excluding carboxylic acids is 4. The summed E-state index contributed by atoms with van der Waals surface area (Å²) in [4.78, 5) is 52.3. The van der Waals surface area contributed by atoms with Crippen LogP contribution in [-0.2, 0) is 30.3 Å². The molecule has 3 aliphatic rings. The van der Waals surface area contributed by atoms with Crippen molar-refractivity contribution in [1.82, 2.24) is 4.90 Å². The lowest BCUT2D eigenvalue weighted by molar-refractivity contribution is -0.149. The summed E-state index contributed by atoms with van der Waals surface area (Å²) in [5.74, 6) is -1.88. The lowest BCUT2D eigenvalue weighted by atomic mass is 9.85. The van der Waals surface area contributed by atoms with Crippen LogP contribution in [0.15, 0.2) is 36.4 Å². The maximum Gasteiger partial charge on any atom is 0.308 e. The van der Waals surface area contributed by atoms with Gasteiger partial charge < -0.3 is 9.64 Å². The topological polar surface area (TPSA) is 84.0 Å². The van der Waals surface area contributed by atoms with Crippen molar-refractivity contribution in [3.8, 4) is 0 Å². The second-order valence-electron chi connectivity index (χ2n) is 7.67. The molecule has 7 heteroatoms. The molecule has 0 unspecified atom stereocenters. The molecule has 2 heterocycles. The van der Waals surface area contributed by atoms with Gasteiger partial charge in [0.05, 0.1) is 18.3 Å². The zero-order chi connectivity index (χ0) is 20.4. The molecule has 2 aliphatic heterocycles. The summed E-state index contributed by atoms with van der Waals surface area (Å²) in [6.45, 7) is 0.259. The molecule has 1 aromatic carbocycles. The van der Waals surface area contributed by atoms with E-state index in [1.165, 1.54) is 4.90 Å². The monoisotopic (exact) mass is 396 g/mol. The number of ether oxygens (including phenoxy) is 1. The van der Waals surface area contributed by atoms with Crippen LogP contribution >= 0.6 is 0 Å². The molecule has 1 aromatic rings. The normalized spacial score (nSPS) is 23.0. The first-order valence-corrected chi connectivity index (χ1v) is 10.1. The Bertz CT molecular complexity index is 852. The highest BCUT2D eigenvalue weighted by Gasteiger charge is 2.46. The standard InChI is InChI=1S/C22H24N2O5/c25-19(23-12-5-7-15-6-1-4-10-18(15)23)14-29-20(26)11-13-24-21(27)16-8-2-3-9-17(16)22(24)28/h1-4,6,10,16-17H,5,7-9,11-14H2/t16-,17+. The Morgan fingerprint density at radius 1 is 1.03 bits per heavy atom. The molecule has 0 saturated carbocycles. The molecule has 2 atom stereocenters. The van der Waals surface area contributed by atoms with Crippen LogP contribution in [0.3, 0.4) is 0 Å². The number of fused-ring (bicyclic) bond motifs is 2. The Kier molecular flexibility index (Phi) is 5.47. The van der Waals surface area contributed by atoms with Crippen LogP contribution in [0.25, 0.3) is 0 Å². The molecule has 0 N–H and O–H groups in total. The van der Waals surface area contributed by atoms with Gasteiger partial charge in [0.2, 0.25) is 11.8 Å². The van der Waals surface area contributed by atoms with Gasteiger partial charge in [-0.2, -0.15) is 0 Å². The van der Waals surface area contributed by atoms with Gasteiger partial charge in [-0.1, -0.05) is 30.4 Å². The zero-order valence-corrected chi connectivity index (χ0v) is 16.2. The van der Waals surface area contributed by atoms with Gasteiger partial charge in [-0.15, -0.1) is 0 Å². The van der Waals surface area contributed by atoms with Crippen molar-refractivity contribution in [1.29, 1.82) is 0 Å². The van der Waals surface area contributed by atoms with E-state index in [0.29, 0.717) is 19.4 Å². The maximum atomic E-state index is 12.5. The van der Waals surface area contributed by atoms with Crippen molar-refractivity contribution >= 4 is 29.4 Å². The third kappa shape index (κ3) is 3.81. The average molecular weight is 396 g/mol. The molecule has 1 aliphatic carbocycles. The first-order valence-electron chi connectivity index (χ1n) is 10.1. The van der Waals surface area contributed by atoms with Crippen molar-refractivity contribution in [3.63, 3.8) is 0 Å². The molecule has 3 amide bonds. The van der Waals surface area contributed by atoms with E-state index in [1.807, 2.05) is 36.4 Å². The van der Waals surface area contributed by atoms with E-state index in [2.05, 4.69) is 0 Å². The first kappa shape index (κ1) is 19.4. The number of anilines is 1. The quantitative estimate of drug-likeness (QED) is 0.431. The van der Waals surface area contributed by atoms with Crippen LogP contribution in [0.2, 0.25) is 0 Å². The number of hydrogen-bond donors (Lipinski definition) is 0. The minimum Gasteiger partial charge on any atom is -0.455 e. The number of hydrogen-bond acceptors (Lipinski definition) is 5.